The molecule has 0 atom stereocenters. The Morgan fingerprint density at radius 3 is 2.19 bits per heavy atom. The van der Waals surface area contributed by atoms with Gasteiger partial charge in [0.25, 0.3) is 0 Å². The van der Waals surface area contributed by atoms with Gasteiger partial charge in [0.05, 0.1) is 17.7 Å². The Hall–Kier alpha value is -3.62. The molecule has 1 aliphatic heterocycles. The molecule has 0 unspecified atom stereocenters. The lowest BCUT2D eigenvalue weighted by molar-refractivity contribution is -0.130. The quantitative estimate of drug-likeness (QED) is 0.376. The van der Waals surface area contributed by atoms with Crippen molar-refractivity contribution in [3.63, 3.8) is 0 Å². The van der Waals surface area contributed by atoms with Crippen molar-refractivity contribution < 1.29 is 29.0 Å². The first-order valence-corrected chi connectivity index (χ1v) is 10.5. The number of ether oxygens (including phenoxy) is 1. The predicted molar refractivity (Wildman–Crippen MR) is 142 cm³/mol. The third-order valence-corrected chi connectivity index (χ3v) is 4.76. The van der Waals surface area contributed by atoms with Gasteiger partial charge in [0, 0.05) is 37.6 Å². The highest BCUT2D eigenvalue weighted by molar-refractivity contribution is 5.91. The Kier molecular flexibility index (Phi) is 20.2. The molecule has 0 bridgehead atoms. The molecule has 3 rings (SSSR count). The van der Waals surface area contributed by atoms with Crippen LogP contribution >= 0.6 is 0 Å². The summed E-state index contributed by atoms with van der Waals surface area (Å²) in [5.74, 6) is -1.18. The number of esters is 1. The smallest absolute Gasteiger partial charge is 0.338 e. The van der Waals surface area contributed by atoms with E-state index < -0.39 is 11.9 Å². The third kappa shape index (κ3) is 12.2. The first-order chi connectivity index (χ1) is 15.4. The number of amides is 1. The van der Waals surface area contributed by atoms with Crippen LogP contribution in [-0.2, 0) is 16.0 Å². The van der Waals surface area contributed by atoms with Crippen molar-refractivity contribution in [2.45, 2.75) is 68.7 Å². The van der Waals surface area contributed by atoms with Gasteiger partial charge in [0.2, 0.25) is 5.91 Å². The van der Waals surface area contributed by atoms with E-state index in [1.807, 2.05) is 4.90 Å². The first-order valence-electron chi connectivity index (χ1n) is 10.5. The molecule has 1 fully saturated rings. The van der Waals surface area contributed by atoms with E-state index in [-0.39, 0.29) is 46.9 Å². The number of likely N-dealkylation sites (tertiary alicyclic amines) is 1. The molecule has 2 aromatic rings. The number of rotatable bonds is 8. The predicted octanol–water partition coefficient (Wildman–Crippen LogP) is 5.34. The van der Waals surface area contributed by atoms with Crippen LogP contribution in [0.4, 0.5) is 0 Å². The Labute approximate surface area is 215 Å². The Bertz CT molecular complexity index is 943. The van der Waals surface area contributed by atoms with Crippen molar-refractivity contribution >= 4 is 24.1 Å². The monoisotopic (exact) mass is 505 g/mol. The van der Waals surface area contributed by atoms with Crippen LogP contribution in [0, 0.1) is 0 Å². The molecule has 2 aromatic heterocycles. The van der Waals surface area contributed by atoms with Crippen molar-refractivity contribution in [1.82, 2.24) is 14.9 Å². The largest absolute Gasteiger partial charge is 0.478 e. The van der Waals surface area contributed by atoms with E-state index >= 15 is 0 Å². The first kappa shape index (κ1) is 36.9. The number of pyridine rings is 2. The number of hydrogen-bond donors (Lipinski definition) is 1. The highest BCUT2D eigenvalue weighted by Gasteiger charge is 2.17. The zero-order valence-corrected chi connectivity index (χ0v) is 18.0. The molecule has 9 nitrogen and oxygen atoms in total. The van der Waals surface area contributed by atoms with Crippen LogP contribution in [-0.4, -0.2) is 63.8 Å². The van der Waals surface area contributed by atoms with Gasteiger partial charge in [-0.1, -0.05) is 29.7 Å². The van der Waals surface area contributed by atoms with Gasteiger partial charge in [-0.2, -0.15) is 0 Å². The third-order valence-electron chi connectivity index (χ3n) is 4.76. The summed E-state index contributed by atoms with van der Waals surface area (Å²) in [5.41, 5.74) is 1.55. The number of aldehydes is 1. The van der Waals surface area contributed by atoms with Crippen LogP contribution in [0.2, 0.25) is 0 Å². The molecule has 9 heteroatoms. The van der Waals surface area contributed by atoms with Crippen LogP contribution < -0.4 is 0 Å². The molecule has 0 aromatic carbocycles. The molecule has 1 saturated heterocycles. The van der Waals surface area contributed by atoms with E-state index in [1.54, 1.807) is 13.0 Å². The second kappa shape index (κ2) is 19.7. The fraction of sp³-hybridized carbons (Fsp3) is 0.481. The second-order valence-corrected chi connectivity index (χ2v) is 7.09. The van der Waals surface area contributed by atoms with Crippen molar-refractivity contribution in [3.05, 3.63) is 59.2 Å². The number of aromatic nitrogens is 2. The maximum Gasteiger partial charge on any atom is 0.338 e. The minimum Gasteiger partial charge on any atom is -0.478 e. The normalized spacial score (nSPS) is 11.1. The molecule has 0 aliphatic carbocycles. The number of aryl methyl sites for hydroxylation is 1. The van der Waals surface area contributed by atoms with Gasteiger partial charge in [0.1, 0.15) is 5.69 Å². The van der Waals surface area contributed by atoms with Gasteiger partial charge in [-0.3, -0.25) is 19.6 Å². The fourth-order valence-electron chi connectivity index (χ4n) is 3.15. The Morgan fingerprint density at radius 1 is 1.00 bits per heavy atom. The van der Waals surface area contributed by atoms with Crippen molar-refractivity contribution in [2.24, 2.45) is 0 Å². The highest BCUT2D eigenvalue weighted by atomic mass is 16.5. The minimum absolute atomic E-state index is 0. The highest BCUT2D eigenvalue weighted by Crippen LogP contribution is 2.12. The van der Waals surface area contributed by atoms with Gasteiger partial charge in [-0.25, -0.2) is 9.59 Å². The van der Waals surface area contributed by atoms with Crippen LogP contribution in [0.25, 0.3) is 0 Å². The average molecular weight is 506 g/mol. The van der Waals surface area contributed by atoms with Crippen molar-refractivity contribution in [1.29, 1.82) is 0 Å². The Balaban J connectivity index is -0.000000575. The van der Waals surface area contributed by atoms with E-state index in [0.717, 1.165) is 31.6 Å². The van der Waals surface area contributed by atoms with E-state index in [4.69, 9.17) is 9.84 Å². The summed E-state index contributed by atoms with van der Waals surface area (Å²) in [6, 6.07) is 5.94. The minimum atomic E-state index is -0.947. The molecule has 0 saturated carbocycles. The summed E-state index contributed by atoms with van der Waals surface area (Å²) in [4.78, 5) is 53.9. The molecular weight excluding hydrogens is 462 g/mol. The maximum absolute atomic E-state index is 11.8. The van der Waals surface area contributed by atoms with E-state index in [0.29, 0.717) is 37.7 Å². The summed E-state index contributed by atoms with van der Waals surface area (Å²) in [5, 5.41) is 8.88. The van der Waals surface area contributed by atoms with E-state index in [1.165, 1.54) is 30.6 Å². The summed E-state index contributed by atoms with van der Waals surface area (Å²) in [6.45, 7) is 3.80. The van der Waals surface area contributed by atoms with Crippen molar-refractivity contribution in [2.75, 3.05) is 19.7 Å². The van der Waals surface area contributed by atoms with Gasteiger partial charge in [-0.05, 0) is 56.9 Å². The molecule has 36 heavy (non-hydrogen) atoms. The van der Waals surface area contributed by atoms with Crippen molar-refractivity contribution in [3.8, 4) is 0 Å². The van der Waals surface area contributed by atoms with Crippen LogP contribution in [0.1, 0.15) is 99.2 Å². The zero-order valence-electron chi connectivity index (χ0n) is 18.0. The molecule has 1 amide bonds. The molecule has 1 aliphatic rings. The number of nitrogens with zero attached hydrogens (tertiary/aromatic N) is 3. The molecule has 1 N–H and O–H groups in total. The maximum atomic E-state index is 11.8. The van der Waals surface area contributed by atoms with E-state index in [9.17, 15) is 19.2 Å². The average Bonchev–Trinajstić information content (AvgIpc) is 3.35. The van der Waals surface area contributed by atoms with Crippen LogP contribution in [0.3, 0.4) is 0 Å². The number of carboxylic acid groups (broad SMARTS) is 1. The molecule has 202 valence electrons. The molecule has 0 spiro atoms. The molecule has 0 radical (unpaired) electrons. The Morgan fingerprint density at radius 2 is 1.61 bits per heavy atom. The summed E-state index contributed by atoms with van der Waals surface area (Å²) >= 11 is 0. The summed E-state index contributed by atoms with van der Waals surface area (Å²) in [7, 11) is 0. The lowest BCUT2D eigenvalue weighted by Crippen LogP contribution is -2.27. The van der Waals surface area contributed by atoms with Gasteiger partial charge in [-0.15, -0.1) is 0 Å². The fourth-order valence-corrected chi connectivity index (χ4v) is 3.15. The SMILES string of the molecule is C.C.C.C.CCOC(=O)c1ccnc(C=O)c1.O=C(O)c1ccnc(CCCC(=O)N2CCCC2)c1. The zero-order chi connectivity index (χ0) is 23.3. The molecular formula is C27H43N3O6. The second-order valence-electron chi connectivity index (χ2n) is 7.09. The van der Waals surface area contributed by atoms with Gasteiger partial charge >= 0.3 is 11.9 Å². The number of hydrogen-bond acceptors (Lipinski definition) is 7. The van der Waals surface area contributed by atoms with Gasteiger partial charge < -0.3 is 14.7 Å². The standard InChI is InChI=1S/C14H18N2O3.C9H9NO3.4CH4/c17-13(16-8-1-2-9-16)5-3-4-12-10-11(14(18)19)6-7-15-12;1-2-13-9(12)7-3-4-10-8(5-7)6-11;;;;/h6-7,10H,1-5,8-9H2,(H,18,19);3-6H,2H2,1H3;4*1H4. The lowest BCUT2D eigenvalue weighted by Gasteiger charge is -2.14. The summed E-state index contributed by atoms with van der Waals surface area (Å²) < 4.78 is 4.74. The summed E-state index contributed by atoms with van der Waals surface area (Å²) in [6.07, 6.45) is 7.56. The lowest BCUT2D eigenvalue weighted by atomic mass is 10.1. The van der Waals surface area contributed by atoms with E-state index in [2.05, 4.69) is 9.97 Å². The van der Waals surface area contributed by atoms with Gasteiger partial charge in [0.15, 0.2) is 6.29 Å². The molecule has 3 heterocycles. The number of aromatic carboxylic acids is 1. The number of carbonyl (C=O) groups is 4. The number of carbonyl (C=O) groups excluding carboxylic acids is 3. The van der Waals surface area contributed by atoms with Crippen LogP contribution in [0.15, 0.2) is 36.7 Å². The number of carboxylic acids is 1. The van der Waals surface area contributed by atoms with Crippen LogP contribution in [0.5, 0.6) is 0 Å². The topological polar surface area (TPSA) is 127 Å².